The minimum Gasteiger partial charge on any atom is -0.481 e. The average Bonchev–Trinajstić information content (AvgIpc) is 3.18. The molecule has 27 heavy (non-hydrogen) atoms. The molecule has 1 aliphatic heterocycles. The lowest BCUT2D eigenvalue weighted by Gasteiger charge is -2.22. The first-order valence-electron chi connectivity index (χ1n) is 9.01. The maximum absolute atomic E-state index is 12.4. The van der Waals surface area contributed by atoms with Gasteiger partial charge >= 0.3 is 12.1 Å². The first-order chi connectivity index (χ1) is 13.0. The van der Waals surface area contributed by atoms with Crippen LogP contribution in [0, 0.1) is 0 Å². The lowest BCUT2D eigenvalue weighted by atomic mass is 9.98. The molecule has 2 aliphatic rings. The van der Waals surface area contributed by atoms with Gasteiger partial charge in [-0.3, -0.25) is 4.79 Å². The summed E-state index contributed by atoms with van der Waals surface area (Å²) in [6.07, 6.45) is -0.651. The highest BCUT2D eigenvalue weighted by molar-refractivity contribution is 5.79. The van der Waals surface area contributed by atoms with Crippen LogP contribution in [0.5, 0.6) is 0 Å². The fraction of sp³-hybridized carbons (Fsp3) is 0.333. The number of fused-ring (bicyclic) bond motifs is 3. The van der Waals surface area contributed by atoms with E-state index in [4.69, 9.17) is 9.84 Å². The van der Waals surface area contributed by atoms with Gasteiger partial charge in [0.25, 0.3) is 0 Å². The molecule has 1 saturated heterocycles. The second-order valence-corrected chi connectivity index (χ2v) is 7.27. The van der Waals surface area contributed by atoms with Crippen LogP contribution in [-0.2, 0) is 9.53 Å². The van der Waals surface area contributed by atoms with Crippen LogP contribution < -0.4 is 0 Å². The molecule has 0 bridgehead atoms. The number of carboxylic acid groups (broad SMARTS) is 1. The summed E-state index contributed by atoms with van der Waals surface area (Å²) in [6, 6.07) is 16.2. The largest absolute Gasteiger partial charge is 0.481 e. The van der Waals surface area contributed by atoms with Crippen molar-refractivity contribution in [3.8, 4) is 11.1 Å². The van der Waals surface area contributed by atoms with Crippen LogP contribution in [0.25, 0.3) is 11.1 Å². The number of aliphatic hydroxyl groups is 1. The fourth-order valence-corrected chi connectivity index (χ4v) is 4.12. The van der Waals surface area contributed by atoms with Crippen LogP contribution in [0.4, 0.5) is 4.79 Å². The van der Waals surface area contributed by atoms with Crippen molar-refractivity contribution in [2.45, 2.75) is 24.4 Å². The normalized spacial score (nSPS) is 21.0. The maximum atomic E-state index is 12.4. The van der Waals surface area contributed by atoms with E-state index in [1.54, 1.807) is 0 Å². The summed E-state index contributed by atoms with van der Waals surface area (Å²) in [6.45, 7) is 0.483. The molecule has 2 aromatic rings. The van der Waals surface area contributed by atoms with Gasteiger partial charge in [0.05, 0.1) is 18.6 Å². The first kappa shape index (κ1) is 17.5. The number of likely N-dealkylation sites (tertiary alicyclic amines) is 1. The molecule has 0 aromatic heterocycles. The molecule has 0 saturated carbocycles. The van der Waals surface area contributed by atoms with Gasteiger partial charge in [0, 0.05) is 12.5 Å². The van der Waals surface area contributed by atoms with E-state index in [1.807, 2.05) is 24.3 Å². The van der Waals surface area contributed by atoms with Crippen LogP contribution in [0.1, 0.15) is 29.9 Å². The Kier molecular flexibility index (Phi) is 4.36. The standard InChI is InChI=1S/C21H21NO5/c23-19(24)11-21(26)9-10-22(13-21)20(25)27-12-18-16-7-3-1-5-14(16)15-6-2-4-8-17(15)18/h1-8,18,26H,9-13H2,(H,23,24). The van der Waals surface area contributed by atoms with E-state index in [2.05, 4.69) is 24.3 Å². The first-order valence-corrected chi connectivity index (χ1v) is 9.01. The molecule has 1 unspecified atom stereocenters. The number of hydrogen-bond acceptors (Lipinski definition) is 4. The molecule has 140 valence electrons. The Morgan fingerprint density at radius 3 is 2.26 bits per heavy atom. The molecule has 1 aliphatic carbocycles. The predicted octanol–water partition coefficient (Wildman–Crippen LogP) is 2.85. The summed E-state index contributed by atoms with van der Waals surface area (Å²) in [7, 11) is 0. The van der Waals surface area contributed by atoms with Gasteiger partial charge in [-0.2, -0.15) is 0 Å². The summed E-state index contributed by atoms with van der Waals surface area (Å²) < 4.78 is 5.55. The molecule has 2 N–H and O–H groups in total. The molecule has 6 heteroatoms. The van der Waals surface area contributed by atoms with E-state index < -0.39 is 17.7 Å². The highest BCUT2D eigenvalue weighted by atomic mass is 16.6. The molecule has 4 rings (SSSR count). The third-order valence-electron chi connectivity index (χ3n) is 5.41. The van der Waals surface area contributed by atoms with E-state index in [0.29, 0.717) is 6.54 Å². The van der Waals surface area contributed by atoms with Gasteiger partial charge in [0.2, 0.25) is 0 Å². The third kappa shape index (κ3) is 3.28. The number of nitrogens with zero attached hydrogens (tertiary/aromatic N) is 1. The number of amides is 1. The van der Waals surface area contributed by atoms with Crippen molar-refractivity contribution in [2.75, 3.05) is 19.7 Å². The highest BCUT2D eigenvalue weighted by Gasteiger charge is 2.41. The maximum Gasteiger partial charge on any atom is 0.409 e. The van der Waals surface area contributed by atoms with E-state index in [-0.39, 0.29) is 31.9 Å². The molecule has 0 radical (unpaired) electrons. The van der Waals surface area contributed by atoms with Gasteiger partial charge in [-0.1, -0.05) is 48.5 Å². The van der Waals surface area contributed by atoms with Gasteiger partial charge in [0.15, 0.2) is 0 Å². The quantitative estimate of drug-likeness (QED) is 0.868. The Balaban J connectivity index is 1.45. The van der Waals surface area contributed by atoms with E-state index in [9.17, 15) is 14.7 Å². The van der Waals surface area contributed by atoms with Crippen LogP contribution in [0.15, 0.2) is 48.5 Å². The molecule has 1 heterocycles. The topological polar surface area (TPSA) is 87.1 Å². The summed E-state index contributed by atoms with van der Waals surface area (Å²) >= 11 is 0. The van der Waals surface area contributed by atoms with E-state index in [0.717, 1.165) is 22.3 Å². The monoisotopic (exact) mass is 367 g/mol. The Morgan fingerprint density at radius 1 is 1.07 bits per heavy atom. The molecular weight excluding hydrogens is 346 g/mol. The van der Waals surface area contributed by atoms with Gasteiger partial charge in [-0.15, -0.1) is 0 Å². The number of hydrogen-bond donors (Lipinski definition) is 2. The predicted molar refractivity (Wildman–Crippen MR) is 98.5 cm³/mol. The lowest BCUT2D eigenvalue weighted by Crippen LogP contribution is -2.38. The van der Waals surface area contributed by atoms with Crippen molar-refractivity contribution < 1.29 is 24.5 Å². The second kappa shape index (κ2) is 6.70. The number of rotatable bonds is 4. The average molecular weight is 367 g/mol. The Morgan fingerprint density at radius 2 is 1.67 bits per heavy atom. The number of carboxylic acids is 1. The number of ether oxygens (including phenoxy) is 1. The smallest absolute Gasteiger partial charge is 0.409 e. The van der Waals surface area contributed by atoms with E-state index >= 15 is 0 Å². The molecule has 1 amide bonds. The number of benzene rings is 2. The number of carbonyl (C=O) groups is 2. The Labute approximate surface area is 157 Å². The number of carbonyl (C=O) groups excluding carboxylic acids is 1. The third-order valence-corrected chi connectivity index (χ3v) is 5.41. The Bertz CT molecular complexity index is 850. The lowest BCUT2D eigenvalue weighted by molar-refractivity contribution is -0.142. The molecular formula is C21H21NO5. The minimum atomic E-state index is -1.38. The zero-order valence-corrected chi connectivity index (χ0v) is 14.8. The van der Waals surface area contributed by atoms with Crippen molar-refractivity contribution >= 4 is 12.1 Å². The van der Waals surface area contributed by atoms with Crippen molar-refractivity contribution in [3.63, 3.8) is 0 Å². The van der Waals surface area contributed by atoms with Gasteiger partial charge in [-0.05, 0) is 28.7 Å². The van der Waals surface area contributed by atoms with E-state index in [1.165, 1.54) is 4.90 Å². The number of β-amino-alcohol motifs (C(OH)–C–C–N with tert-alkyl or cyclic N) is 1. The molecule has 6 nitrogen and oxygen atoms in total. The second-order valence-electron chi connectivity index (χ2n) is 7.27. The summed E-state index contributed by atoms with van der Waals surface area (Å²) in [4.78, 5) is 24.7. The van der Waals surface area contributed by atoms with Crippen molar-refractivity contribution in [1.29, 1.82) is 0 Å². The zero-order valence-electron chi connectivity index (χ0n) is 14.8. The molecule has 0 spiro atoms. The SMILES string of the molecule is O=C(O)CC1(O)CCN(C(=O)OCC2c3ccccc3-c3ccccc32)C1. The number of aliphatic carboxylic acids is 1. The highest BCUT2D eigenvalue weighted by Crippen LogP contribution is 2.44. The van der Waals surface area contributed by atoms with Crippen LogP contribution in [0.3, 0.4) is 0 Å². The summed E-state index contributed by atoms with van der Waals surface area (Å²) in [5.74, 6) is -1.10. The minimum absolute atomic E-state index is 0.0179. The molecule has 1 fully saturated rings. The van der Waals surface area contributed by atoms with Gasteiger partial charge in [0.1, 0.15) is 6.61 Å². The molecule has 1 atom stereocenters. The molecule has 2 aromatic carbocycles. The summed E-state index contributed by atoms with van der Waals surface area (Å²) in [5, 5.41) is 19.2. The van der Waals surface area contributed by atoms with Crippen LogP contribution in [0.2, 0.25) is 0 Å². The van der Waals surface area contributed by atoms with Crippen molar-refractivity contribution in [3.05, 3.63) is 59.7 Å². The van der Waals surface area contributed by atoms with Gasteiger partial charge < -0.3 is 19.8 Å². The van der Waals surface area contributed by atoms with Crippen molar-refractivity contribution in [1.82, 2.24) is 4.90 Å². The van der Waals surface area contributed by atoms with Crippen LogP contribution in [-0.4, -0.2) is 52.5 Å². The van der Waals surface area contributed by atoms with Gasteiger partial charge in [-0.25, -0.2) is 4.79 Å². The zero-order chi connectivity index (χ0) is 19.0. The van der Waals surface area contributed by atoms with Crippen LogP contribution >= 0.6 is 0 Å². The Hall–Kier alpha value is -2.86. The fourth-order valence-electron chi connectivity index (χ4n) is 4.12. The summed E-state index contributed by atoms with van der Waals surface area (Å²) in [5.41, 5.74) is 3.21. The van der Waals surface area contributed by atoms with Crippen molar-refractivity contribution in [2.24, 2.45) is 0 Å².